The van der Waals surface area contributed by atoms with Crippen LogP contribution in [0.4, 0.5) is 5.69 Å². The number of carbonyl (C=O) groups is 2. The first kappa shape index (κ1) is 17.1. The fourth-order valence-electron chi connectivity index (χ4n) is 2.02. The lowest BCUT2D eigenvalue weighted by molar-refractivity contribution is -0.142. The normalized spacial score (nSPS) is 10.4. The highest BCUT2D eigenvalue weighted by atomic mass is 32.2. The topological polar surface area (TPSA) is 75.4 Å². The smallest absolute Gasteiger partial charge is 0.313 e. The van der Waals surface area contributed by atoms with Crippen molar-refractivity contribution in [3.8, 4) is 0 Å². The summed E-state index contributed by atoms with van der Waals surface area (Å²) in [5.41, 5.74) is 2.37. The van der Waals surface area contributed by atoms with Crippen LogP contribution in [0.5, 0.6) is 0 Å². The van der Waals surface area contributed by atoms with E-state index in [-0.39, 0.29) is 6.54 Å². The first-order chi connectivity index (χ1) is 11.0. The average Bonchev–Trinajstić information content (AvgIpc) is 2.93. The second kappa shape index (κ2) is 7.82. The van der Waals surface area contributed by atoms with Crippen LogP contribution in [0.1, 0.15) is 17.0 Å². The number of hydrogen-bond acceptors (Lipinski definition) is 5. The van der Waals surface area contributed by atoms with Gasteiger partial charge in [-0.3, -0.25) is 9.59 Å². The van der Waals surface area contributed by atoms with E-state index in [9.17, 15) is 9.59 Å². The summed E-state index contributed by atoms with van der Waals surface area (Å²) in [6.07, 6.45) is 2.03. The number of hydrogen-bond donors (Lipinski definition) is 1. The molecule has 0 aliphatic heterocycles. The van der Waals surface area contributed by atoms with Crippen molar-refractivity contribution < 1.29 is 14.1 Å². The molecule has 0 aliphatic carbocycles. The predicted molar refractivity (Wildman–Crippen MR) is 90.0 cm³/mol. The monoisotopic (exact) mass is 333 g/mol. The second-order valence-corrected chi connectivity index (χ2v) is 6.04. The molecular weight excluding hydrogens is 314 g/mol. The quantitative estimate of drug-likeness (QED) is 0.851. The number of amides is 2. The number of anilines is 1. The van der Waals surface area contributed by atoms with Gasteiger partial charge in [-0.15, -0.1) is 0 Å². The van der Waals surface area contributed by atoms with Crippen LogP contribution in [0, 0.1) is 6.92 Å². The standard InChI is InChI=1S/C16H19N3O3S/c1-11-8-14(18-22-11)9-19(2)16(21)15(20)17-13-6-4-12(5-7-13)10-23-3/h4-8H,9-10H2,1-3H3,(H,17,20). The SMILES string of the molecule is CSCc1ccc(NC(=O)C(=O)N(C)Cc2cc(C)on2)cc1. The maximum Gasteiger partial charge on any atom is 0.313 e. The van der Waals surface area contributed by atoms with E-state index in [0.29, 0.717) is 17.1 Å². The molecular formula is C16H19N3O3S. The summed E-state index contributed by atoms with van der Waals surface area (Å²) >= 11 is 1.72. The molecule has 0 spiro atoms. The summed E-state index contributed by atoms with van der Waals surface area (Å²) in [5.74, 6) is 0.271. The van der Waals surface area contributed by atoms with Crippen molar-refractivity contribution >= 4 is 29.3 Å². The third-order valence-electron chi connectivity index (χ3n) is 3.14. The summed E-state index contributed by atoms with van der Waals surface area (Å²) in [6, 6.07) is 9.17. The Labute approximate surface area is 139 Å². The number of aryl methyl sites for hydroxylation is 1. The number of rotatable bonds is 5. The molecule has 6 nitrogen and oxygen atoms in total. The van der Waals surface area contributed by atoms with Gasteiger partial charge in [0.25, 0.3) is 0 Å². The number of thioether (sulfide) groups is 1. The first-order valence-corrected chi connectivity index (χ1v) is 8.45. The number of nitrogens with one attached hydrogen (secondary N) is 1. The van der Waals surface area contributed by atoms with Crippen LogP contribution in [0.15, 0.2) is 34.9 Å². The fraction of sp³-hybridized carbons (Fsp3) is 0.312. The molecule has 0 aliphatic rings. The van der Waals surface area contributed by atoms with Gasteiger partial charge in [0, 0.05) is 24.6 Å². The van der Waals surface area contributed by atoms with Crippen molar-refractivity contribution in [3.05, 3.63) is 47.3 Å². The highest BCUT2D eigenvalue weighted by Gasteiger charge is 2.20. The molecule has 0 atom stereocenters. The van der Waals surface area contributed by atoms with Gasteiger partial charge in [0.2, 0.25) is 0 Å². The second-order valence-electron chi connectivity index (χ2n) is 5.17. The number of nitrogens with zero attached hydrogens (tertiary/aromatic N) is 2. The minimum absolute atomic E-state index is 0.219. The van der Waals surface area contributed by atoms with Gasteiger partial charge in [0.15, 0.2) is 0 Å². The zero-order chi connectivity index (χ0) is 16.8. The van der Waals surface area contributed by atoms with Crippen molar-refractivity contribution in [3.63, 3.8) is 0 Å². The minimum Gasteiger partial charge on any atom is -0.361 e. The molecule has 0 bridgehead atoms. The third-order valence-corrected chi connectivity index (χ3v) is 3.76. The number of carbonyl (C=O) groups excluding carboxylic acids is 2. The molecule has 0 saturated carbocycles. The van der Waals surface area contributed by atoms with Gasteiger partial charge < -0.3 is 14.7 Å². The Morgan fingerprint density at radius 1 is 1.30 bits per heavy atom. The molecule has 2 rings (SSSR count). The molecule has 1 N–H and O–H groups in total. The van der Waals surface area contributed by atoms with Crippen molar-refractivity contribution in [2.45, 2.75) is 19.2 Å². The maximum atomic E-state index is 12.1. The number of likely N-dealkylation sites (N-methyl/N-ethyl adjacent to an activating group) is 1. The molecule has 23 heavy (non-hydrogen) atoms. The summed E-state index contributed by atoms with van der Waals surface area (Å²) in [4.78, 5) is 25.4. The molecule has 2 amide bonds. The first-order valence-electron chi connectivity index (χ1n) is 7.06. The van der Waals surface area contributed by atoms with Crippen LogP contribution in [0.25, 0.3) is 0 Å². The Kier molecular flexibility index (Phi) is 5.81. The van der Waals surface area contributed by atoms with Gasteiger partial charge in [0.05, 0.1) is 6.54 Å². The highest BCUT2D eigenvalue weighted by Crippen LogP contribution is 2.14. The van der Waals surface area contributed by atoms with Crippen LogP contribution >= 0.6 is 11.8 Å². The molecule has 0 saturated heterocycles. The van der Waals surface area contributed by atoms with Crippen LogP contribution in [0.2, 0.25) is 0 Å². The fourth-order valence-corrected chi connectivity index (χ4v) is 2.54. The van der Waals surface area contributed by atoms with Gasteiger partial charge >= 0.3 is 11.8 Å². The van der Waals surface area contributed by atoms with E-state index >= 15 is 0 Å². The Balaban J connectivity index is 1.92. The van der Waals surface area contributed by atoms with Crippen molar-refractivity contribution in [2.24, 2.45) is 0 Å². The van der Waals surface area contributed by atoms with Gasteiger partial charge in [-0.05, 0) is 30.9 Å². The predicted octanol–water partition coefficient (Wildman–Crippen LogP) is 2.44. The van der Waals surface area contributed by atoms with Crippen LogP contribution < -0.4 is 5.32 Å². The lowest BCUT2D eigenvalue weighted by Crippen LogP contribution is -2.36. The van der Waals surface area contributed by atoms with Gasteiger partial charge in [0.1, 0.15) is 11.5 Å². The van der Waals surface area contributed by atoms with Crippen LogP contribution in [-0.2, 0) is 21.9 Å². The molecule has 2 aromatic rings. The molecule has 0 radical (unpaired) electrons. The van der Waals surface area contributed by atoms with E-state index in [2.05, 4.69) is 10.5 Å². The van der Waals surface area contributed by atoms with E-state index < -0.39 is 11.8 Å². The summed E-state index contributed by atoms with van der Waals surface area (Å²) in [7, 11) is 1.55. The van der Waals surface area contributed by atoms with Crippen LogP contribution in [-0.4, -0.2) is 35.2 Å². The summed E-state index contributed by atoms with van der Waals surface area (Å²) in [5, 5.41) is 6.41. The molecule has 1 heterocycles. The molecule has 0 unspecified atom stereocenters. The molecule has 1 aromatic carbocycles. The number of benzene rings is 1. The lowest BCUT2D eigenvalue weighted by Gasteiger charge is -2.15. The van der Waals surface area contributed by atoms with E-state index in [1.165, 1.54) is 10.5 Å². The largest absolute Gasteiger partial charge is 0.361 e. The summed E-state index contributed by atoms with van der Waals surface area (Å²) < 4.78 is 4.94. The third kappa shape index (κ3) is 4.85. The van der Waals surface area contributed by atoms with E-state index in [4.69, 9.17) is 4.52 Å². The van der Waals surface area contributed by atoms with E-state index in [1.54, 1.807) is 43.9 Å². The Morgan fingerprint density at radius 2 is 2.00 bits per heavy atom. The van der Waals surface area contributed by atoms with Gasteiger partial charge in [-0.1, -0.05) is 17.3 Å². The van der Waals surface area contributed by atoms with Crippen molar-refractivity contribution in [1.29, 1.82) is 0 Å². The minimum atomic E-state index is -0.676. The molecule has 122 valence electrons. The molecule has 0 fully saturated rings. The highest BCUT2D eigenvalue weighted by molar-refractivity contribution is 7.97. The van der Waals surface area contributed by atoms with Gasteiger partial charge in [-0.25, -0.2) is 0 Å². The van der Waals surface area contributed by atoms with Crippen molar-refractivity contribution in [1.82, 2.24) is 10.1 Å². The zero-order valence-corrected chi connectivity index (χ0v) is 14.1. The Morgan fingerprint density at radius 3 is 2.57 bits per heavy atom. The summed E-state index contributed by atoms with van der Waals surface area (Å²) in [6.45, 7) is 1.99. The van der Waals surface area contributed by atoms with Crippen molar-refractivity contribution in [2.75, 3.05) is 18.6 Å². The molecule has 1 aromatic heterocycles. The lowest BCUT2D eigenvalue weighted by atomic mass is 10.2. The molecule has 7 heteroatoms. The number of aromatic nitrogens is 1. The van der Waals surface area contributed by atoms with Gasteiger partial charge in [-0.2, -0.15) is 11.8 Å². The van der Waals surface area contributed by atoms with E-state index in [0.717, 1.165) is 5.75 Å². The average molecular weight is 333 g/mol. The maximum absolute atomic E-state index is 12.1. The Hall–Kier alpha value is -2.28. The van der Waals surface area contributed by atoms with Crippen LogP contribution in [0.3, 0.4) is 0 Å². The zero-order valence-electron chi connectivity index (χ0n) is 13.3. The van der Waals surface area contributed by atoms with E-state index in [1.807, 2.05) is 18.4 Å². The Bertz CT molecular complexity index is 682.